The first kappa shape index (κ1) is 32.7. The number of aliphatic hydroxyl groups is 2. The number of alkyl carbamates (subject to hydrolysis) is 1. The maximum atomic E-state index is 13.1. The summed E-state index contributed by atoms with van der Waals surface area (Å²) in [6.45, 7) is 8.28. The number of amides is 1. The Morgan fingerprint density at radius 3 is 2.40 bits per heavy atom. The van der Waals surface area contributed by atoms with E-state index in [4.69, 9.17) is 4.74 Å². The van der Waals surface area contributed by atoms with Crippen LogP contribution >= 0.6 is 0 Å². The van der Waals surface area contributed by atoms with Gasteiger partial charge in [-0.05, 0) is 58.1 Å². The number of aliphatic hydroxyl groups excluding tert-OH is 2. The van der Waals surface area contributed by atoms with Gasteiger partial charge in [0, 0.05) is 29.2 Å². The minimum Gasteiger partial charge on any atom is -0.443 e. The minimum absolute atomic E-state index is 0.0231. The Kier molecular flexibility index (Phi) is 12.1. The lowest BCUT2D eigenvalue weighted by Crippen LogP contribution is -2.46. The van der Waals surface area contributed by atoms with Crippen LogP contribution in [0.3, 0.4) is 0 Å². The van der Waals surface area contributed by atoms with E-state index in [1.165, 1.54) is 12.1 Å². The normalized spacial score (nSPS) is 13.2. The Labute approximate surface area is 235 Å². The number of nitrogens with one attached hydrogen (secondary N) is 2. The molecule has 4 N–H and O–H groups in total. The van der Waals surface area contributed by atoms with E-state index >= 15 is 0 Å². The molecule has 0 aromatic heterocycles. The number of ether oxygens (including phenoxy) is 1. The van der Waals surface area contributed by atoms with Crippen molar-refractivity contribution in [3.8, 4) is 0 Å². The van der Waals surface area contributed by atoms with Crippen molar-refractivity contribution >= 4 is 27.5 Å². The van der Waals surface area contributed by atoms with Gasteiger partial charge in [0.2, 0.25) is 10.0 Å². The molecule has 0 saturated heterocycles. The van der Waals surface area contributed by atoms with Crippen molar-refractivity contribution in [2.24, 2.45) is 0 Å². The Hall–Kier alpha value is -3.48. The molecule has 0 radical (unpaired) electrons. The van der Waals surface area contributed by atoms with Crippen LogP contribution in [0.5, 0.6) is 0 Å². The molecular weight excluding hydrogens is 538 g/mol. The van der Waals surface area contributed by atoms with Crippen LogP contribution < -0.4 is 10.0 Å². The van der Waals surface area contributed by atoms with E-state index in [9.17, 15) is 33.5 Å². The van der Waals surface area contributed by atoms with Gasteiger partial charge in [-0.1, -0.05) is 36.4 Å². The van der Waals surface area contributed by atoms with E-state index in [-0.39, 0.29) is 35.3 Å². The average Bonchev–Trinajstić information content (AvgIpc) is 2.85. The quantitative estimate of drug-likeness (QED) is 0.106. The van der Waals surface area contributed by atoms with Crippen molar-refractivity contribution in [2.75, 3.05) is 10.5 Å². The Morgan fingerprint density at radius 1 is 1.15 bits per heavy atom. The van der Waals surface area contributed by atoms with E-state index in [0.29, 0.717) is 12.8 Å². The van der Waals surface area contributed by atoms with E-state index < -0.39 is 51.1 Å². The van der Waals surface area contributed by atoms with Gasteiger partial charge in [0.15, 0.2) is 0 Å². The lowest BCUT2D eigenvalue weighted by Gasteiger charge is -2.27. The number of hydrogen-bond donors (Lipinski definition) is 4. The topological polar surface area (TPSA) is 168 Å². The molecule has 2 rings (SSSR count). The van der Waals surface area contributed by atoms with Gasteiger partial charge in [0.05, 0.1) is 23.0 Å². The lowest BCUT2D eigenvalue weighted by atomic mass is 9.98. The van der Waals surface area contributed by atoms with E-state index in [1.54, 1.807) is 57.2 Å². The molecule has 0 heterocycles. The maximum Gasteiger partial charge on any atom is 0.407 e. The highest BCUT2D eigenvalue weighted by atomic mass is 32.2. The van der Waals surface area contributed by atoms with Crippen LogP contribution in [0.4, 0.5) is 16.2 Å². The first-order valence-electron chi connectivity index (χ1n) is 13.0. The fourth-order valence-corrected chi connectivity index (χ4v) is 5.39. The molecule has 40 heavy (non-hydrogen) atoms. The zero-order valence-electron chi connectivity index (χ0n) is 23.1. The standard InChI is InChI=1S/C28H39N3O8S/c1-5-6-7-11-14-21-22(18-32)23(15-16-24(21)31(35)36)30-40(37,38)19-25(33)26(17-20-12-9-8-10-13-20)39-27(34)29-28(2,3)4/h5,8-10,12-13,15-16,25-26,30,32-33H,1,6-7,11,14,17-19H2,2-4H3,(H,29,34)/t25-,26-/m0/s1. The Morgan fingerprint density at radius 2 is 1.82 bits per heavy atom. The lowest BCUT2D eigenvalue weighted by molar-refractivity contribution is -0.385. The van der Waals surface area contributed by atoms with Crippen molar-refractivity contribution in [3.63, 3.8) is 0 Å². The van der Waals surface area contributed by atoms with Gasteiger partial charge >= 0.3 is 6.09 Å². The van der Waals surface area contributed by atoms with E-state index in [0.717, 1.165) is 12.0 Å². The third-order valence-corrected chi connectivity index (χ3v) is 7.26. The molecule has 0 aliphatic heterocycles. The van der Waals surface area contributed by atoms with Gasteiger partial charge in [-0.2, -0.15) is 0 Å². The summed E-state index contributed by atoms with van der Waals surface area (Å²) in [6.07, 6.45) is 0.441. The van der Waals surface area contributed by atoms with Crippen LogP contribution in [-0.4, -0.2) is 53.1 Å². The molecule has 220 valence electrons. The minimum atomic E-state index is -4.26. The first-order chi connectivity index (χ1) is 18.8. The molecule has 12 heteroatoms. The number of nitro benzene ring substituents is 1. The summed E-state index contributed by atoms with van der Waals surface area (Å²) in [5.74, 6) is -0.830. The Balaban J connectivity index is 2.30. The Bertz CT molecular complexity index is 1260. The SMILES string of the molecule is C=CCCCCc1c([N+](=O)[O-])ccc(NS(=O)(=O)C[C@H](O)[C@H](Cc2ccccc2)OC(=O)NC(C)(C)C)c1CO. The van der Waals surface area contributed by atoms with Crippen molar-refractivity contribution in [1.29, 1.82) is 0 Å². The number of sulfonamides is 1. The second-order valence-electron chi connectivity index (χ2n) is 10.5. The van der Waals surface area contributed by atoms with Crippen molar-refractivity contribution in [3.05, 3.63) is 81.9 Å². The molecule has 0 aliphatic rings. The van der Waals surface area contributed by atoms with Gasteiger partial charge in [-0.3, -0.25) is 14.8 Å². The molecule has 0 saturated carbocycles. The van der Waals surface area contributed by atoms with Crippen molar-refractivity contribution in [1.82, 2.24) is 5.32 Å². The highest BCUT2D eigenvalue weighted by Gasteiger charge is 2.31. The molecule has 1 amide bonds. The van der Waals surface area contributed by atoms with Crippen LogP contribution in [0, 0.1) is 10.1 Å². The van der Waals surface area contributed by atoms with Crippen LogP contribution in [0.25, 0.3) is 0 Å². The number of unbranched alkanes of at least 4 members (excludes halogenated alkanes) is 2. The number of nitrogens with zero attached hydrogens (tertiary/aromatic N) is 1. The predicted octanol–water partition coefficient (Wildman–Crippen LogP) is 4.22. The first-order valence-corrected chi connectivity index (χ1v) is 14.6. The molecule has 2 atom stereocenters. The summed E-state index contributed by atoms with van der Waals surface area (Å²) in [6, 6.07) is 11.3. The molecular formula is C28H39N3O8S. The van der Waals surface area contributed by atoms with Gasteiger partial charge in [-0.15, -0.1) is 6.58 Å². The number of carbonyl (C=O) groups excluding carboxylic acids is 1. The fraction of sp³-hybridized carbons (Fsp3) is 0.464. The molecule has 0 fully saturated rings. The summed E-state index contributed by atoms with van der Waals surface area (Å²) >= 11 is 0. The average molecular weight is 578 g/mol. The highest BCUT2D eigenvalue weighted by Crippen LogP contribution is 2.31. The molecule has 11 nitrogen and oxygen atoms in total. The largest absolute Gasteiger partial charge is 0.443 e. The number of carbonyl (C=O) groups is 1. The molecule has 0 aliphatic carbocycles. The van der Waals surface area contributed by atoms with Gasteiger partial charge < -0.3 is 20.3 Å². The highest BCUT2D eigenvalue weighted by molar-refractivity contribution is 7.92. The number of anilines is 1. The second kappa shape index (κ2) is 14.8. The van der Waals surface area contributed by atoms with Gasteiger partial charge in [0.1, 0.15) is 12.2 Å². The maximum absolute atomic E-state index is 13.1. The number of hydrogen-bond acceptors (Lipinski definition) is 8. The summed E-state index contributed by atoms with van der Waals surface area (Å²) in [5, 5.41) is 35.2. The fourth-order valence-electron chi connectivity index (χ4n) is 4.11. The number of allylic oxidation sites excluding steroid dienone is 1. The van der Waals surface area contributed by atoms with Gasteiger partial charge in [0.25, 0.3) is 5.69 Å². The second-order valence-corrected chi connectivity index (χ2v) is 12.3. The van der Waals surface area contributed by atoms with Crippen LogP contribution in [-0.2, 0) is 34.2 Å². The van der Waals surface area contributed by atoms with E-state index in [2.05, 4.69) is 16.6 Å². The van der Waals surface area contributed by atoms with Crippen LogP contribution in [0.15, 0.2) is 55.1 Å². The summed E-state index contributed by atoms with van der Waals surface area (Å²) < 4.78 is 34.0. The van der Waals surface area contributed by atoms with Crippen LogP contribution in [0.2, 0.25) is 0 Å². The molecule has 0 spiro atoms. The van der Waals surface area contributed by atoms with Gasteiger partial charge in [-0.25, -0.2) is 13.2 Å². The number of rotatable bonds is 15. The van der Waals surface area contributed by atoms with Crippen molar-refractivity contribution in [2.45, 2.75) is 77.2 Å². The zero-order valence-corrected chi connectivity index (χ0v) is 23.9. The summed E-state index contributed by atoms with van der Waals surface area (Å²) in [4.78, 5) is 23.5. The molecule has 0 unspecified atom stereocenters. The van der Waals surface area contributed by atoms with E-state index in [1.807, 2.05) is 0 Å². The summed E-state index contributed by atoms with van der Waals surface area (Å²) in [7, 11) is -4.26. The summed E-state index contributed by atoms with van der Waals surface area (Å²) in [5.41, 5.74) is 0.192. The third kappa shape index (κ3) is 10.6. The smallest absolute Gasteiger partial charge is 0.407 e. The molecule has 0 bridgehead atoms. The number of nitro groups is 1. The molecule has 2 aromatic carbocycles. The zero-order chi connectivity index (χ0) is 29.9. The van der Waals surface area contributed by atoms with Crippen LogP contribution in [0.1, 0.15) is 56.7 Å². The monoisotopic (exact) mass is 577 g/mol. The third-order valence-electron chi connectivity index (χ3n) is 5.95. The predicted molar refractivity (Wildman–Crippen MR) is 153 cm³/mol. The number of benzene rings is 2. The van der Waals surface area contributed by atoms with Crippen molar-refractivity contribution < 1.29 is 33.1 Å². The molecule has 2 aromatic rings.